The lowest BCUT2D eigenvalue weighted by Gasteiger charge is -2.01. The summed E-state index contributed by atoms with van der Waals surface area (Å²) in [5.41, 5.74) is 6.91. The van der Waals surface area contributed by atoms with Crippen LogP contribution in [0.4, 0.5) is 5.69 Å². The Morgan fingerprint density at radius 2 is 2.12 bits per heavy atom. The van der Waals surface area contributed by atoms with Gasteiger partial charge in [0.05, 0.1) is 5.69 Å². The molecule has 0 amide bonds. The third kappa shape index (κ3) is 2.12. The minimum Gasteiger partial charge on any atom is -0.436 e. The van der Waals surface area contributed by atoms with E-state index in [4.69, 9.17) is 21.8 Å². The highest BCUT2D eigenvalue weighted by Crippen LogP contribution is 2.32. The zero-order valence-electron chi connectivity index (χ0n) is 8.69. The van der Waals surface area contributed by atoms with Crippen molar-refractivity contribution in [3.8, 4) is 0 Å². The van der Waals surface area contributed by atoms with Gasteiger partial charge in [-0.05, 0) is 25.6 Å². The van der Waals surface area contributed by atoms with Crippen LogP contribution < -0.4 is 5.73 Å². The van der Waals surface area contributed by atoms with Gasteiger partial charge in [-0.15, -0.1) is 0 Å². The number of nitrogens with two attached hydrogens (primary N) is 1. The standard InChI is InChI=1S/C9H9ClN4OS/c1-4-5(2)15-9(14-4)16-8-6(11)7(10)12-3-13-8/h3H,11H2,1-2H3. The summed E-state index contributed by atoms with van der Waals surface area (Å²) in [7, 11) is 0. The summed E-state index contributed by atoms with van der Waals surface area (Å²) in [6, 6.07) is 0. The number of hydrogen-bond donors (Lipinski definition) is 1. The molecule has 0 spiro atoms. The molecule has 2 aromatic heterocycles. The lowest BCUT2D eigenvalue weighted by molar-refractivity contribution is 0.431. The van der Waals surface area contributed by atoms with Crippen LogP contribution >= 0.6 is 23.4 Å². The van der Waals surface area contributed by atoms with E-state index in [0.717, 1.165) is 11.5 Å². The van der Waals surface area contributed by atoms with Crippen LogP contribution in [0.25, 0.3) is 0 Å². The van der Waals surface area contributed by atoms with Gasteiger partial charge in [-0.2, -0.15) is 0 Å². The molecule has 0 unspecified atom stereocenters. The summed E-state index contributed by atoms with van der Waals surface area (Å²) in [4.78, 5) is 12.0. The third-order valence-electron chi connectivity index (χ3n) is 1.99. The van der Waals surface area contributed by atoms with E-state index in [9.17, 15) is 0 Å². The molecule has 7 heteroatoms. The number of halogens is 1. The summed E-state index contributed by atoms with van der Waals surface area (Å²) < 4.78 is 5.41. The van der Waals surface area contributed by atoms with Crippen LogP contribution in [-0.4, -0.2) is 15.0 Å². The van der Waals surface area contributed by atoms with Crippen LogP contribution in [0.5, 0.6) is 0 Å². The zero-order chi connectivity index (χ0) is 11.7. The fourth-order valence-corrected chi connectivity index (χ4v) is 2.02. The van der Waals surface area contributed by atoms with Gasteiger partial charge >= 0.3 is 0 Å². The molecule has 2 aromatic rings. The molecule has 0 aromatic carbocycles. The van der Waals surface area contributed by atoms with Gasteiger partial charge in [0.2, 0.25) is 0 Å². The highest BCUT2D eigenvalue weighted by Gasteiger charge is 2.12. The molecule has 0 aliphatic heterocycles. The molecule has 0 saturated heterocycles. The first kappa shape index (κ1) is 11.2. The fraction of sp³-hybridized carbons (Fsp3) is 0.222. The minimum atomic E-state index is 0.234. The Morgan fingerprint density at radius 1 is 1.38 bits per heavy atom. The normalized spacial score (nSPS) is 10.7. The van der Waals surface area contributed by atoms with Crippen LogP contribution in [0.15, 0.2) is 21.0 Å². The molecule has 84 valence electrons. The first-order chi connectivity index (χ1) is 7.58. The number of hydrogen-bond acceptors (Lipinski definition) is 6. The lowest BCUT2D eigenvalue weighted by Crippen LogP contribution is -1.94. The SMILES string of the molecule is Cc1nc(Sc2ncnc(Cl)c2N)oc1C. The van der Waals surface area contributed by atoms with Gasteiger partial charge in [-0.1, -0.05) is 11.6 Å². The van der Waals surface area contributed by atoms with Crippen molar-refractivity contribution in [2.24, 2.45) is 0 Å². The molecule has 0 aliphatic carbocycles. The Bertz CT molecular complexity index is 509. The Labute approximate surface area is 101 Å². The molecular weight excluding hydrogens is 248 g/mol. The van der Waals surface area contributed by atoms with E-state index in [0.29, 0.717) is 15.9 Å². The predicted octanol–water partition coefficient (Wildman–Crippen LogP) is 2.47. The van der Waals surface area contributed by atoms with Crippen LogP contribution in [0.1, 0.15) is 11.5 Å². The molecule has 0 fully saturated rings. The van der Waals surface area contributed by atoms with Crippen molar-refractivity contribution in [3.05, 3.63) is 22.9 Å². The largest absolute Gasteiger partial charge is 0.436 e. The van der Waals surface area contributed by atoms with Crippen molar-refractivity contribution in [1.29, 1.82) is 0 Å². The van der Waals surface area contributed by atoms with Gasteiger partial charge in [0.15, 0.2) is 5.15 Å². The highest BCUT2D eigenvalue weighted by atomic mass is 35.5. The quantitative estimate of drug-likeness (QED) is 0.832. The smallest absolute Gasteiger partial charge is 0.262 e. The fourth-order valence-electron chi connectivity index (χ4n) is 1.01. The lowest BCUT2D eigenvalue weighted by atomic mass is 10.4. The molecule has 2 N–H and O–H groups in total. The maximum absolute atomic E-state index is 5.78. The van der Waals surface area contributed by atoms with E-state index in [-0.39, 0.29) is 5.15 Å². The molecule has 5 nitrogen and oxygen atoms in total. The second-order valence-electron chi connectivity index (χ2n) is 3.11. The van der Waals surface area contributed by atoms with Crippen molar-refractivity contribution in [1.82, 2.24) is 15.0 Å². The second-order valence-corrected chi connectivity index (χ2v) is 4.40. The highest BCUT2D eigenvalue weighted by molar-refractivity contribution is 7.99. The summed E-state index contributed by atoms with van der Waals surface area (Å²) >= 11 is 7.00. The van der Waals surface area contributed by atoms with Crippen molar-refractivity contribution >= 4 is 29.1 Å². The van der Waals surface area contributed by atoms with E-state index in [1.54, 1.807) is 0 Å². The van der Waals surface area contributed by atoms with Gasteiger partial charge < -0.3 is 10.2 Å². The van der Waals surface area contributed by atoms with E-state index in [1.807, 2.05) is 13.8 Å². The molecule has 2 rings (SSSR count). The molecule has 0 bridgehead atoms. The molecular formula is C9H9ClN4OS. The van der Waals surface area contributed by atoms with E-state index < -0.39 is 0 Å². The Hall–Kier alpha value is -1.27. The number of aromatic nitrogens is 3. The average Bonchev–Trinajstić information content (AvgIpc) is 2.54. The van der Waals surface area contributed by atoms with Crippen LogP contribution in [0, 0.1) is 13.8 Å². The maximum Gasteiger partial charge on any atom is 0.262 e. The molecule has 0 atom stereocenters. The van der Waals surface area contributed by atoms with E-state index >= 15 is 0 Å². The molecule has 0 radical (unpaired) electrons. The average molecular weight is 257 g/mol. The number of nitrogens with zero attached hydrogens (tertiary/aromatic N) is 3. The first-order valence-corrected chi connectivity index (χ1v) is 5.65. The number of nitrogen functional groups attached to an aromatic ring is 1. The molecule has 2 heterocycles. The van der Waals surface area contributed by atoms with Gasteiger partial charge in [0.1, 0.15) is 22.8 Å². The van der Waals surface area contributed by atoms with Crippen molar-refractivity contribution in [3.63, 3.8) is 0 Å². The Balaban J connectivity index is 2.30. The van der Waals surface area contributed by atoms with Gasteiger partial charge in [-0.25, -0.2) is 15.0 Å². The van der Waals surface area contributed by atoms with Gasteiger partial charge in [0.25, 0.3) is 5.22 Å². The topological polar surface area (TPSA) is 77.8 Å². The number of rotatable bonds is 2. The molecule has 16 heavy (non-hydrogen) atoms. The van der Waals surface area contributed by atoms with E-state index in [2.05, 4.69) is 15.0 Å². The minimum absolute atomic E-state index is 0.234. The summed E-state index contributed by atoms with van der Waals surface area (Å²) in [6.07, 6.45) is 1.35. The monoisotopic (exact) mass is 256 g/mol. The third-order valence-corrected chi connectivity index (χ3v) is 3.16. The van der Waals surface area contributed by atoms with Crippen LogP contribution in [0.2, 0.25) is 5.15 Å². The Kier molecular flexibility index (Phi) is 3.02. The maximum atomic E-state index is 5.78. The molecule has 0 saturated carbocycles. The number of oxazole rings is 1. The Morgan fingerprint density at radius 3 is 2.75 bits per heavy atom. The zero-order valence-corrected chi connectivity index (χ0v) is 10.3. The second kappa shape index (κ2) is 4.31. The molecule has 0 aliphatic rings. The summed E-state index contributed by atoms with van der Waals surface area (Å²) in [5, 5.41) is 1.27. The summed E-state index contributed by atoms with van der Waals surface area (Å²) in [6.45, 7) is 3.72. The number of aryl methyl sites for hydroxylation is 2. The van der Waals surface area contributed by atoms with E-state index in [1.165, 1.54) is 18.1 Å². The van der Waals surface area contributed by atoms with Crippen LogP contribution in [-0.2, 0) is 0 Å². The van der Waals surface area contributed by atoms with Gasteiger partial charge in [0, 0.05) is 0 Å². The summed E-state index contributed by atoms with van der Waals surface area (Å²) in [5.74, 6) is 0.779. The number of anilines is 1. The van der Waals surface area contributed by atoms with Crippen molar-refractivity contribution in [2.75, 3.05) is 5.73 Å². The predicted molar refractivity (Wildman–Crippen MR) is 61.6 cm³/mol. The van der Waals surface area contributed by atoms with Gasteiger partial charge in [-0.3, -0.25) is 0 Å². The first-order valence-electron chi connectivity index (χ1n) is 4.45. The van der Waals surface area contributed by atoms with Crippen molar-refractivity contribution < 1.29 is 4.42 Å². The van der Waals surface area contributed by atoms with Crippen molar-refractivity contribution in [2.45, 2.75) is 24.1 Å². The van der Waals surface area contributed by atoms with Crippen LogP contribution in [0.3, 0.4) is 0 Å².